The Hall–Kier alpha value is -3.78. The molecule has 0 spiro atoms. The molecular weight excluding hydrogens is 384 g/mol. The third-order valence-corrected chi connectivity index (χ3v) is 5.59. The van der Waals surface area contributed by atoms with Crippen molar-refractivity contribution >= 4 is 10.9 Å². The number of nitrogens with zero attached hydrogens (tertiary/aromatic N) is 1. The van der Waals surface area contributed by atoms with Crippen LogP contribution >= 0.6 is 0 Å². The Morgan fingerprint density at radius 1 is 1.07 bits per heavy atom. The maximum Gasteiger partial charge on any atom is 0.335 e. The second-order valence-corrected chi connectivity index (χ2v) is 7.20. The van der Waals surface area contributed by atoms with Gasteiger partial charge in [-0.1, -0.05) is 30.3 Å². The highest BCUT2D eigenvalue weighted by Gasteiger charge is 2.31. The van der Waals surface area contributed by atoms with E-state index in [2.05, 4.69) is 15.3 Å². The molecule has 4 aromatic rings. The lowest BCUT2D eigenvalue weighted by Gasteiger charge is -2.25. The molecule has 1 aliphatic heterocycles. The van der Waals surface area contributed by atoms with Crippen molar-refractivity contribution in [2.24, 2.45) is 0 Å². The molecule has 0 amide bonds. The molecule has 8 nitrogen and oxygen atoms in total. The molecule has 1 unspecified atom stereocenters. The van der Waals surface area contributed by atoms with Crippen LogP contribution in [-0.2, 0) is 6.42 Å². The predicted octanol–water partition coefficient (Wildman–Crippen LogP) is 1.96. The van der Waals surface area contributed by atoms with Crippen molar-refractivity contribution in [1.29, 1.82) is 0 Å². The molecule has 152 valence electrons. The number of rotatable bonds is 3. The summed E-state index contributed by atoms with van der Waals surface area (Å²) >= 11 is 0. The van der Waals surface area contributed by atoms with Gasteiger partial charge in [0.2, 0.25) is 5.88 Å². The summed E-state index contributed by atoms with van der Waals surface area (Å²) in [5.74, 6) is -0.0203. The fourth-order valence-electron chi connectivity index (χ4n) is 4.26. The number of para-hydroxylation sites is 3. The van der Waals surface area contributed by atoms with Gasteiger partial charge in [0.15, 0.2) is 0 Å². The van der Waals surface area contributed by atoms with Crippen LogP contribution < -0.4 is 21.3 Å². The third-order valence-electron chi connectivity index (χ3n) is 5.59. The number of H-pyrrole nitrogens is 2. The van der Waals surface area contributed by atoms with E-state index in [1.807, 2.05) is 24.3 Å². The van der Waals surface area contributed by atoms with Gasteiger partial charge < -0.3 is 20.1 Å². The largest absolute Gasteiger partial charge is 0.495 e. The number of hydrogen-bond donors (Lipinski definition) is 4. The molecule has 30 heavy (non-hydrogen) atoms. The molecule has 1 aliphatic rings. The van der Waals surface area contributed by atoms with Crippen LogP contribution in [0, 0.1) is 0 Å². The van der Waals surface area contributed by atoms with Crippen LogP contribution in [0.2, 0.25) is 0 Å². The van der Waals surface area contributed by atoms with Gasteiger partial charge in [-0.2, -0.15) is 0 Å². The lowest BCUT2D eigenvalue weighted by molar-refractivity contribution is 0.393. The van der Waals surface area contributed by atoms with Gasteiger partial charge in [-0.3, -0.25) is 9.78 Å². The van der Waals surface area contributed by atoms with Gasteiger partial charge >= 0.3 is 5.69 Å². The average molecular weight is 404 g/mol. The lowest BCUT2D eigenvalue weighted by atomic mass is 9.95. The number of methoxy groups -OCH3 is 1. The summed E-state index contributed by atoms with van der Waals surface area (Å²) in [5, 5.41) is 15.5. The van der Waals surface area contributed by atoms with E-state index in [1.165, 1.54) is 7.11 Å². The van der Waals surface area contributed by atoms with Crippen molar-refractivity contribution in [1.82, 2.24) is 19.9 Å². The minimum Gasteiger partial charge on any atom is -0.495 e. The quantitative estimate of drug-likeness (QED) is 0.417. The van der Waals surface area contributed by atoms with Gasteiger partial charge in [-0.25, -0.2) is 9.36 Å². The SMILES string of the molecule is COc1ccccc1-n1c(O)c(C2NCCc3c2[nH]c2ccccc32)c(=O)[nH]c1=O. The van der Waals surface area contributed by atoms with Gasteiger partial charge in [0.1, 0.15) is 11.3 Å². The summed E-state index contributed by atoms with van der Waals surface area (Å²) in [4.78, 5) is 31.1. The van der Waals surface area contributed by atoms with Crippen molar-refractivity contribution in [2.75, 3.05) is 13.7 Å². The molecular formula is C22H20N4O4. The van der Waals surface area contributed by atoms with Gasteiger partial charge in [0.25, 0.3) is 5.56 Å². The van der Waals surface area contributed by atoms with E-state index in [0.29, 0.717) is 18.0 Å². The number of aromatic amines is 2. The molecule has 0 bridgehead atoms. The van der Waals surface area contributed by atoms with Crippen LogP contribution in [0.5, 0.6) is 11.6 Å². The van der Waals surface area contributed by atoms with Crippen molar-refractivity contribution in [3.63, 3.8) is 0 Å². The normalized spacial score (nSPS) is 15.8. The topological polar surface area (TPSA) is 112 Å². The summed E-state index contributed by atoms with van der Waals surface area (Å²) in [6.45, 7) is 0.631. The molecule has 1 atom stereocenters. The number of benzene rings is 2. The molecule has 0 saturated carbocycles. The fraction of sp³-hybridized carbons (Fsp3) is 0.182. The van der Waals surface area contributed by atoms with Gasteiger partial charge in [-0.05, 0) is 30.2 Å². The van der Waals surface area contributed by atoms with E-state index < -0.39 is 23.2 Å². The van der Waals surface area contributed by atoms with Crippen molar-refractivity contribution in [3.8, 4) is 17.3 Å². The van der Waals surface area contributed by atoms with E-state index in [4.69, 9.17) is 4.74 Å². The van der Waals surface area contributed by atoms with E-state index in [-0.39, 0.29) is 5.56 Å². The fourth-order valence-corrected chi connectivity index (χ4v) is 4.26. The first-order chi connectivity index (χ1) is 14.6. The molecule has 8 heteroatoms. The Labute approximate surface area is 170 Å². The smallest absolute Gasteiger partial charge is 0.335 e. The van der Waals surface area contributed by atoms with Crippen molar-refractivity contribution in [2.45, 2.75) is 12.5 Å². The zero-order valence-corrected chi connectivity index (χ0v) is 16.2. The molecule has 5 rings (SSSR count). The Morgan fingerprint density at radius 2 is 1.83 bits per heavy atom. The second kappa shape index (κ2) is 6.93. The van der Waals surface area contributed by atoms with Crippen LogP contribution in [0.15, 0.2) is 58.1 Å². The number of aromatic hydroxyl groups is 1. The first kappa shape index (κ1) is 18.3. The summed E-state index contributed by atoms with van der Waals surface area (Å²) in [6, 6.07) is 14.1. The Bertz CT molecular complexity index is 1380. The first-order valence-electron chi connectivity index (χ1n) is 9.64. The molecule has 3 heterocycles. The highest BCUT2D eigenvalue weighted by Crippen LogP contribution is 2.35. The molecule has 2 aromatic heterocycles. The zero-order chi connectivity index (χ0) is 20.8. The Morgan fingerprint density at radius 3 is 2.67 bits per heavy atom. The molecule has 4 N–H and O–H groups in total. The predicted molar refractivity (Wildman–Crippen MR) is 113 cm³/mol. The maximum atomic E-state index is 12.8. The monoisotopic (exact) mass is 404 g/mol. The van der Waals surface area contributed by atoms with Crippen molar-refractivity contribution < 1.29 is 9.84 Å². The van der Waals surface area contributed by atoms with Crippen LogP contribution in [0.1, 0.15) is 22.9 Å². The Balaban J connectivity index is 1.76. The van der Waals surface area contributed by atoms with Gasteiger partial charge in [0.05, 0.1) is 18.8 Å². The van der Waals surface area contributed by atoms with Gasteiger partial charge in [-0.15, -0.1) is 0 Å². The summed E-state index contributed by atoms with van der Waals surface area (Å²) in [6.07, 6.45) is 0.792. The van der Waals surface area contributed by atoms with Crippen molar-refractivity contribution in [3.05, 3.63) is 86.2 Å². The maximum absolute atomic E-state index is 12.8. The lowest BCUT2D eigenvalue weighted by Crippen LogP contribution is -2.38. The second-order valence-electron chi connectivity index (χ2n) is 7.20. The molecule has 0 fully saturated rings. The van der Waals surface area contributed by atoms with Crippen LogP contribution in [0.3, 0.4) is 0 Å². The molecule has 0 saturated heterocycles. The minimum atomic E-state index is -0.738. The summed E-state index contributed by atoms with van der Waals surface area (Å²) in [7, 11) is 1.48. The summed E-state index contributed by atoms with van der Waals surface area (Å²) < 4.78 is 6.40. The van der Waals surface area contributed by atoms with E-state index in [9.17, 15) is 14.7 Å². The van der Waals surface area contributed by atoms with E-state index >= 15 is 0 Å². The number of ether oxygens (including phenoxy) is 1. The van der Waals surface area contributed by atoms with E-state index in [1.54, 1.807) is 24.3 Å². The molecule has 2 aromatic carbocycles. The third kappa shape index (κ3) is 2.65. The number of fused-ring (bicyclic) bond motifs is 3. The molecule has 0 radical (unpaired) electrons. The van der Waals surface area contributed by atoms with Gasteiger partial charge in [0, 0.05) is 23.1 Å². The van der Waals surface area contributed by atoms with E-state index in [0.717, 1.165) is 33.1 Å². The highest BCUT2D eigenvalue weighted by atomic mass is 16.5. The Kier molecular flexibility index (Phi) is 4.22. The van der Waals surface area contributed by atoms with Crippen LogP contribution in [0.4, 0.5) is 0 Å². The zero-order valence-electron chi connectivity index (χ0n) is 16.2. The highest BCUT2D eigenvalue weighted by molar-refractivity contribution is 5.85. The first-order valence-corrected chi connectivity index (χ1v) is 9.64. The number of nitrogens with one attached hydrogen (secondary N) is 3. The van der Waals surface area contributed by atoms with Crippen LogP contribution in [-0.4, -0.2) is 33.3 Å². The minimum absolute atomic E-state index is 0.0769. The standard InChI is InChI=1S/C22H20N4O4/c1-30-16-9-5-4-8-15(16)26-21(28)17(20(27)25-22(26)29)19-18-13(10-11-23-19)12-6-2-3-7-14(12)24-18/h2-9,19,23-24,28H,10-11H2,1H3,(H,25,27,29). The van der Waals surface area contributed by atoms with Crippen LogP contribution in [0.25, 0.3) is 16.6 Å². The molecule has 0 aliphatic carbocycles. The number of aromatic nitrogens is 3. The number of hydrogen-bond acceptors (Lipinski definition) is 5. The average Bonchev–Trinajstić information content (AvgIpc) is 3.13. The summed E-state index contributed by atoms with van der Waals surface area (Å²) in [5.41, 5.74) is 1.92.